The fourth-order valence-corrected chi connectivity index (χ4v) is 3.29. The predicted molar refractivity (Wildman–Crippen MR) is 83.0 cm³/mol. The second kappa shape index (κ2) is 5.41. The van der Waals surface area contributed by atoms with E-state index >= 15 is 0 Å². The molecule has 0 bridgehead atoms. The quantitative estimate of drug-likeness (QED) is 0.905. The standard InChI is InChI=1S/C17H23N3/c1-12-5-4-6-15(11-12)17-13(2)19-20(14(17)3)16-7-9-18-10-8-16/h4-6,11,16,18H,7-10H2,1-3H3. The number of piperidine rings is 1. The van der Waals surface area contributed by atoms with E-state index in [9.17, 15) is 0 Å². The highest BCUT2D eigenvalue weighted by molar-refractivity contribution is 5.69. The van der Waals surface area contributed by atoms with Crippen molar-refractivity contribution in [3.63, 3.8) is 0 Å². The first kappa shape index (κ1) is 13.4. The minimum atomic E-state index is 0.550. The van der Waals surface area contributed by atoms with Gasteiger partial charge in [0.25, 0.3) is 0 Å². The van der Waals surface area contributed by atoms with E-state index in [0.29, 0.717) is 6.04 Å². The minimum absolute atomic E-state index is 0.550. The molecule has 106 valence electrons. The normalized spacial score (nSPS) is 16.6. The van der Waals surface area contributed by atoms with E-state index in [4.69, 9.17) is 5.10 Å². The van der Waals surface area contributed by atoms with Crippen molar-refractivity contribution in [2.75, 3.05) is 13.1 Å². The maximum atomic E-state index is 4.83. The monoisotopic (exact) mass is 269 g/mol. The van der Waals surface area contributed by atoms with Crippen molar-refractivity contribution in [1.82, 2.24) is 15.1 Å². The molecule has 1 N–H and O–H groups in total. The lowest BCUT2D eigenvalue weighted by atomic mass is 10.0. The van der Waals surface area contributed by atoms with Crippen LogP contribution < -0.4 is 5.32 Å². The second-order valence-electron chi connectivity index (χ2n) is 5.84. The molecule has 0 saturated carbocycles. The van der Waals surface area contributed by atoms with Crippen LogP contribution in [0.5, 0.6) is 0 Å². The summed E-state index contributed by atoms with van der Waals surface area (Å²) in [5, 5.41) is 8.25. The van der Waals surface area contributed by atoms with Gasteiger partial charge in [-0.1, -0.05) is 29.8 Å². The van der Waals surface area contributed by atoms with Gasteiger partial charge in [0.15, 0.2) is 0 Å². The van der Waals surface area contributed by atoms with Gasteiger partial charge in [-0.15, -0.1) is 0 Å². The molecular weight excluding hydrogens is 246 g/mol. The molecule has 3 nitrogen and oxygen atoms in total. The fourth-order valence-electron chi connectivity index (χ4n) is 3.29. The molecule has 0 amide bonds. The molecule has 1 saturated heterocycles. The van der Waals surface area contributed by atoms with Gasteiger partial charge in [0.2, 0.25) is 0 Å². The van der Waals surface area contributed by atoms with Crippen molar-refractivity contribution in [2.24, 2.45) is 0 Å². The minimum Gasteiger partial charge on any atom is -0.317 e. The number of aromatic nitrogens is 2. The largest absolute Gasteiger partial charge is 0.317 e. The number of nitrogens with zero attached hydrogens (tertiary/aromatic N) is 2. The molecule has 3 rings (SSSR count). The van der Waals surface area contributed by atoms with Gasteiger partial charge in [-0.3, -0.25) is 4.68 Å². The van der Waals surface area contributed by atoms with E-state index in [2.05, 4.69) is 55.0 Å². The van der Waals surface area contributed by atoms with Crippen molar-refractivity contribution in [1.29, 1.82) is 0 Å². The van der Waals surface area contributed by atoms with E-state index in [-0.39, 0.29) is 0 Å². The van der Waals surface area contributed by atoms with Crippen LogP contribution in [0, 0.1) is 20.8 Å². The highest BCUT2D eigenvalue weighted by Crippen LogP contribution is 2.31. The summed E-state index contributed by atoms with van der Waals surface area (Å²) >= 11 is 0. The van der Waals surface area contributed by atoms with Crippen LogP contribution in [0.25, 0.3) is 11.1 Å². The molecule has 0 aliphatic carbocycles. The highest BCUT2D eigenvalue weighted by Gasteiger charge is 2.21. The molecule has 1 fully saturated rings. The number of nitrogens with one attached hydrogen (secondary N) is 1. The average Bonchev–Trinajstić information content (AvgIpc) is 2.75. The van der Waals surface area contributed by atoms with Crippen LogP contribution in [0.15, 0.2) is 24.3 Å². The Balaban J connectivity index is 2.02. The lowest BCUT2D eigenvalue weighted by molar-refractivity contribution is 0.337. The van der Waals surface area contributed by atoms with Gasteiger partial charge in [0, 0.05) is 11.3 Å². The van der Waals surface area contributed by atoms with Crippen LogP contribution >= 0.6 is 0 Å². The summed E-state index contributed by atoms with van der Waals surface area (Å²) in [5.74, 6) is 0. The number of hydrogen-bond acceptors (Lipinski definition) is 2. The Morgan fingerprint density at radius 2 is 1.90 bits per heavy atom. The SMILES string of the molecule is Cc1cccc(-c2c(C)nn(C3CCNCC3)c2C)c1. The number of rotatable bonds is 2. The second-order valence-corrected chi connectivity index (χ2v) is 5.84. The van der Waals surface area contributed by atoms with Crippen LogP contribution in [0.4, 0.5) is 0 Å². The van der Waals surface area contributed by atoms with Crippen LogP contribution in [-0.4, -0.2) is 22.9 Å². The van der Waals surface area contributed by atoms with Crippen LogP contribution in [-0.2, 0) is 0 Å². The smallest absolute Gasteiger partial charge is 0.0675 e. The van der Waals surface area contributed by atoms with Crippen LogP contribution in [0.2, 0.25) is 0 Å². The van der Waals surface area contributed by atoms with Crippen molar-refractivity contribution >= 4 is 0 Å². The topological polar surface area (TPSA) is 29.9 Å². The lowest BCUT2D eigenvalue weighted by Crippen LogP contribution is -2.30. The molecule has 0 atom stereocenters. The number of aryl methyl sites for hydroxylation is 2. The zero-order valence-electron chi connectivity index (χ0n) is 12.6. The fraction of sp³-hybridized carbons (Fsp3) is 0.471. The van der Waals surface area contributed by atoms with Crippen molar-refractivity contribution in [2.45, 2.75) is 39.7 Å². The van der Waals surface area contributed by atoms with Gasteiger partial charge in [-0.2, -0.15) is 5.10 Å². The van der Waals surface area contributed by atoms with E-state index in [0.717, 1.165) is 18.8 Å². The molecule has 1 aromatic heterocycles. The molecule has 3 heteroatoms. The lowest BCUT2D eigenvalue weighted by Gasteiger charge is -2.24. The number of benzene rings is 1. The van der Waals surface area contributed by atoms with Crippen molar-refractivity contribution in [3.8, 4) is 11.1 Å². The summed E-state index contributed by atoms with van der Waals surface area (Å²) in [4.78, 5) is 0. The molecule has 20 heavy (non-hydrogen) atoms. The maximum absolute atomic E-state index is 4.83. The van der Waals surface area contributed by atoms with E-state index in [1.807, 2.05) is 0 Å². The number of hydrogen-bond donors (Lipinski definition) is 1. The van der Waals surface area contributed by atoms with Gasteiger partial charge in [-0.25, -0.2) is 0 Å². The van der Waals surface area contributed by atoms with E-state index in [1.54, 1.807) is 0 Å². The summed E-state index contributed by atoms with van der Waals surface area (Å²) < 4.78 is 2.26. The zero-order chi connectivity index (χ0) is 14.1. The van der Waals surface area contributed by atoms with Gasteiger partial charge >= 0.3 is 0 Å². The summed E-state index contributed by atoms with van der Waals surface area (Å²) in [6, 6.07) is 9.27. The first-order valence-electron chi connectivity index (χ1n) is 7.50. The first-order valence-corrected chi connectivity index (χ1v) is 7.50. The Hall–Kier alpha value is -1.61. The van der Waals surface area contributed by atoms with Crippen molar-refractivity contribution < 1.29 is 0 Å². The van der Waals surface area contributed by atoms with Crippen molar-refractivity contribution in [3.05, 3.63) is 41.2 Å². The van der Waals surface area contributed by atoms with Crippen LogP contribution in [0.3, 0.4) is 0 Å². The zero-order valence-corrected chi connectivity index (χ0v) is 12.6. The summed E-state index contributed by atoms with van der Waals surface area (Å²) in [7, 11) is 0. The predicted octanol–water partition coefficient (Wildman–Crippen LogP) is 3.40. The molecule has 0 radical (unpaired) electrons. The van der Waals surface area contributed by atoms with Gasteiger partial charge in [0.1, 0.15) is 0 Å². The molecule has 0 unspecified atom stereocenters. The molecule has 0 spiro atoms. The third kappa shape index (κ3) is 2.38. The van der Waals surface area contributed by atoms with E-state index < -0.39 is 0 Å². The van der Waals surface area contributed by atoms with Gasteiger partial charge in [-0.05, 0) is 52.3 Å². The maximum Gasteiger partial charge on any atom is 0.0675 e. The summed E-state index contributed by atoms with van der Waals surface area (Å²) in [5.41, 5.74) is 6.36. The average molecular weight is 269 g/mol. The Kier molecular flexibility index (Phi) is 3.62. The van der Waals surface area contributed by atoms with E-state index in [1.165, 1.54) is 35.2 Å². The Morgan fingerprint density at radius 3 is 2.60 bits per heavy atom. The van der Waals surface area contributed by atoms with Crippen LogP contribution in [0.1, 0.15) is 35.8 Å². The molecule has 1 aliphatic heterocycles. The molecule has 1 aromatic carbocycles. The molecular formula is C17H23N3. The summed E-state index contributed by atoms with van der Waals surface area (Å²) in [6.07, 6.45) is 2.35. The highest BCUT2D eigenvalue weighted by atomic mass is 15.3. The summed E-state index contributed by atoms with van der Waals surface area (Å²) in [6.45, 7) is 8.68. The third-order valence-electron chi connectivity index (χ3n) is 4.29. The van der Waals surface area contributed by atoms with Gasteiger partial charge in [0.05, 0.1) is 11.7 Å². The Labute approximate surface area is 121 Å². The Morgan fingerprint density at radius 1 is 1.15 bits per heavy atom. The third-order valence-corrected chi connectivity index (χ3v) is 4.29. The molecule has 2 aromatic rings. The van der Waals surface area contributed by atoms with Gasteiger partial charge < -0.3 is 5.32 Å². The first-order chi connectivity index (χ1) is 9.66. The Bertz CT molecular complexity index is 607. The molecule has 1 aliphatic rings. The molecule has 2 heterocycles.